The number of anilines is 2. The van der Waals surface area contributed by atoms with E-state index in [9.17, 15) is 9.59 Å². The first-order valence-corrected chi connectivity index (χ1v) is 13.2. The number of halogens is 1. The highest BCUT2D eigenvalue weighted by Gasteiger charge is 2.16. The average Bonchev–Trinajstić information content (AvgIpc) is 2.95. The zero-order chi connectivity index (χ0) is 27.7. The minimum absolute atomic E-state index is 0. The molecular formula is C30H38ClN3O6. The van der Waals surface area contributed by atoms with Crippen molar-refractivity contribution in [3.8, 4) is 11.5 Å². The van der Waals surface area contributed by atoms with Crippen LogP contribution >= 0.6 is 0 Å². The van der Waals surface area contributed by atoms with Gasteiger partial charge in [0.25, 0.3) is 0 Å². The Labute approximate surface area is 242 Å². The molecule has 0 radical (unpaired) electrons. The first-order chi connectivity index (χ1) is 19.1. The molecule has 3 rings (SSSR count). The molecule has 2 amide bonds. The molecule has 0 spiro atoms. The average molecular weight is 572 g/mol. The van der Waals surface area contributed by atoms with Gasteiger partial charge in [0.05, 0.1) is 20.3 Å². The Balaban J connectivity index is 0.00000560. The number of amides is 2. The van der Waals surface area contributed by atoms with E-state index in [-0.39, 0.29) is 25.6 Å². The van der Waals surface area contributed by atoms with Gasteiger partial charge in [0, 0.05) is 23.4 Å². The van der Waals surface area contributed by atoms with Gasteiger partial charge in [0.2, 0.25) is 0 Å². The van der Waals surface area contributed by atoms with Crippen LogP contribution in [0.4, 0.5) is 21.0 Å². The number of nitrogens with one attached hydrogen (secondary N) is 3. The quantitative estimate of drug-likeness (QED) is 0.255. The van der Waals surface area contributed by atoms with Crippen molar-refractivity contribution >= 4 is 23.6 Å². The van der Waals surface area contributed by atoms with Gasteiger partial charge in [-0.15, -0.1) is 0 Å². The fourth-order valence-electron chi connectivity index (χ4n) is 3.90. The van der Waals surface area contributed by atoms with E-state index in [1.165, 1.54) is 0 Å². The summed E-state index contributed by atoms with van der Waals surface area (Å²) in [4.78, 5) is 25.5. The van der Waals surface area contributed by atoms with Gasteiger partial charge in [-0.05, 0) is 36.8 Å². The fraction of sp³-hybridized carbons (Fsp3) is 0.333. The van der Waals surface area contributed by atoms with Crippen LogP contribution in [0, 0.1) is 0 Å². The molecule has 9 nitrogen and oxygen atoms in total. The van der Waals surface area contributed by atoms with Crippen LogP contribution in [0.25, 0.3) is 0 Å². The van der Waals surface area contributed by atoms with Crippen LogP contribution in [0.2, 0.25) is 0 Å². The lowest BCUT2D eigenvalue weighted by molar-refractivity contribution is -0.900. The molecule has 0 heterocycles. The molecule has 0 aromatic heterocycles. The lowest BCUT2D eigenvalue weighted by atomic mass is 10.1. The standard InChI is InChI=1S/C30H37N3O6.ClH/c1-3-21-37-28-24(11-10-16-27(28)36-2)17-18-33(19-22-38-29(34)31-25-12-6-4-7-13-25)20-23-39-30(35)32-26-14-8-5-9-15-26;/h4-16H,3,17-23H2,1-2H3,(H,31,34)(H,32,35);1H. The van der Waals surface area contributed by atoms with Gasteiger partial charge in [-0.1, -0.05) is 55.5 Å². The van der Waals surface area contributed by atoms with E-state index in [4.69, 9.17) is 18.9 Å². The van der Waals surface area contributed by atoms with E-state index >= 15 is 0 Å². The molecule has 216 valence electrons. The van der Waals surface area contributed by atoms with Crippen molar-refractivity contribution in [3.63, 3.8) is 0 Å². The lowest BCUT2D eigenvalue weighted by Crippen LogP contribution is -3.13. The Bertz CT molecular complexity index is 1090. The summed E-state index contributed by atoms with van der Waals surface area (Å²) in [5.41, 5.74) is 2.37. The molecule has 0 aliphatic rings. The molecule has 0 atom stereocenters. The van der Waals surface area contributed by atoms with Gasteiger partial charge in [0.1, 0.15) is 26.3 Å². The van der Waals surface area contributed by atoms with Gasteiger partial charge < -0.3 is 36.3 Å². The van der Waals surface area contributed by atoms with Crippen LogP contribution in [-0.4, -0.2) is 58.8 Å². The van der Waals surface area contributed by atoms with Crippen LogP contribution in [0.15, 0.2) is 78.9 Å². The first kappa shape index (κ1) is 32.3. The minimum Gasteiger partial charge on any atom is -1.00 e. The number of hydrogen-bond acceptors (Lipinski definition) is 6. The number of para-hydroxylation sites is 3. The molecule has 0 unspecified atom stereocenters. The summed E-state index contributed by atoms with van der Waals surface area (Å²) >= 11 is 0. The van der Waals surface area contributed by atoms with E-state index in [1.54, 1.807) is 31.4 Å². The highest BCUT2D eigenvalue weighted by Crippen LogP contribution is 2.31. The lowest BCUT2D eigenvalue weighted by Gasteiger charge is -2.21. The number of hydrogen-bond donors (Lipinski definition) is 3. The molecule has 0 bridgehead atoms. The third-order valence-electron chi connectivity index (χ3n) is 5.90. The molecule has 0 fully saturated rings. The summed E-state index contributed by atoms with van der Waals surface area (Å²) in [6.45, 7) is 4.87. The zero-order valence-electron chi connectivity index (χ0n) is 23.0. The van der Waals surface area contributed by atoms with Crippen LogP contribution in [-0.2, 0) is 15.9 Å². The molecule has 40 heavy (non-hydrogen) atoms. The normalized spacial score (nSPS) is 10.3. The highest BCUT2D eigenvalue weighted by atomic mass is 35.5. The van der Waals surface area contributed by atoms with Gasteiger partial charge in [-0.2, -0.15) is 0 Å². The molecule has 3 N–H and O–H groups in total. The van der Waals surface area contributed by atoms with Crippen molar-refractivity contribution < 1.29 is 45.8 Å². The topological polar surface area (TPSA) is 99.6 Å². The summed E-state index contributed by atoms with van der Waals surface area (Å²) in [6, 6.07) is 24.1. The molecule has 0 saturated heterocycles. The number of quaternary nitrogens is 1. The summed E-state index contributed by atoms with van der Waals surface area (Å²) in [5.74, 6) is 1.45. The Morgan fingerprint density at radius 2 is 1.27 bits per heavy atom. The molecule has 0 aliphatic heterocycles. The Morgan fingerprint density at radius 3 is 1.77 bits per heavy atom. The summed E-state index contributed by atoms with van der Waals surface area (Å²) in [7, 11) is 1.63. The second-order valence-corrected chi connectivity index (χ2v) is 8.80. The van der Waals surface area contributed by atoms with Crippen LogP contribution in [0.1, 0.15) is 18.9 Å². The maximum absolute atomic E-state index is 12.2. The maximum Gasteiger partial charge on any atom is 0.411 e. The summed E-state index contributed by atoms with van der Waals surface area (Å²) in [5, 5.41) is 5.43. The molecule has 10 heteroatoms. The largest absolute Gasteiger partial charge is 1.00 e. The van der Waals surface area contributed by atoms with Gasteiger partial charge >= 0.3 is 12.2 Å². The van der Waals surface area contributed by atoms with Crippen molar-refractivity contribution in [2.75, 3.05) is 57.2 Å². The third kappa shape index (κ3) is 11.4. The Hall–Kier alpha value is -3.95. The minimum atomic E-state index is -0.512. The zero-order valence-corrected chi connectivity index (χ0v) is 23.7. The SMILES string of the molecule is CCCOc1c(CC[NH+](CCOC(=O)Nc2ccccc2)CCOC(=O)Nc2ccccc2)cccc1OC.[Cl-]. The second-order valence-electron chi connectivity index (χ2n) is 8.80. The van der Waals surface area contributed by atoms with Crippen LogP contribution in [0.3, 0.4) is 0 Å². The first-order valence-electron chi connectivity index (χ1n) is 13.2. The van der Waals surface area contributed by atoms with Crippen LogP contribution in [0.5, 0.6) is 11.5 Å². The number of ether oxygens (including phenoxy) is 4. The van der Waals surface area contributed by atoms with E-state index in [0.717, 1.165) is 22.6 Å². The van der Waals surface area contributed by atoms with Crippen molar-refractivity contribution in [2.24, 2.45) is 0 Å². The molecule has 3 aromatic rings. The smallest absolute Gasteiger partial charge is 0.411 e. The number of rotatable bonds is 15. The summed E-state index contributed by atoms with van der Waals surface area (Å²) < 4.78 is 22.3. The Morgan fingerprint density at radius 1 is 0.725 bits per heavy atom. The summed E-state index contributed by atoms with van der Waals surface area (Å²) in [6.07, 6.45) is 0.571. The predicted octanol–water partition coefficient (Wildman–Crippen LogP) is 1.41. The number of carbonyl (C=O) groups excluding carboxylic acids is 2. The third-order valence-corrected chi connectivity index (χ3v) is 5.90. The number of benzene rings is 3. The molecule has 0 aliphatic carbocycles. The highest BCUT2D eigenvalue weighted by molar-refractivity contribution is 5.84. The van der Waals surface area contributed by atoms with Crippen molar-refractivity contribution in [3.05, 3.63) is 84.4 Å². The Kier molecular flexibility index (Phi) is 14.8. The fourth-order valence-corrected chi connectivity index (χ4v) is 3.90. The second kappa shape index (κ2) is 18.4. The van der Waals surface area contributed by atoms with Crippen LogP contribution < -0.4 is 37.4 Å². The van der Waals surface area contributed by atoms with E-state index < -0.39 is 12.2 Å². The van der Waals surface area contributed by atoms with Gasteiger partial charge in [-0.25, -0.2) is 9.59 Å². The molecule has 3 aromatic carbocycles. The van der Waals surface area contributed by atoms with Crippen molar-refractivity contribution in [2.45, 2.75) is 19.8 Å². The van der Waals surface area contributed by atoms with E-state index in [0.29, 0.717) is 49.8 Å². The molecular weight excluding hydrogens is 534 g/mol. The van der Waals surface area contributed by atoms with E-state index in [2.05, 4.69) is 17.6 Å². The van der Waals surface area contributed by atoms with Crippen molar-refractivity contribution in [1.82, 2.24) is 0 Å². The molecule has 0 saturated carbocycles. The van der Waals surface area contributed by atoms with Gasteiger partial charge in [-0.3, -0.25) is 10.6 Å². The monoisotopic (exact) mass is 571 g/mol. The maximum atomic E-state index is 12.2. The number of carbonyl (C=O) groups is 2. The predicted molar refractivity (Wildman–Crippen MR) is 151 cm³/mol. The van der Waals surface area contributed by atoms with Crippen molar-refractivity contribution in [1.29, 1.82) is 0 Å². The number of methoxy groups -OCH3 is 1. The van der Waals surface area contributed by atoms with Gasteiger partial charge in [0.15, 0.2) is 11.5 Å². The van der Waals surface area contributed by atoms with E-state index in [1.807, 2.05) is 54.6 Å².